The summed E-state index contributed by atoms with van der Waals surface area (Å²) in [4.78, 5) is 34.4. The molecule has 0 aliphatic carbocycles. The highest BCUT2D eigenvalue weighted by atomic mass is 16.5. The van der Waals surface area contributed by atoms with E-state index >= 15 is 0 Å². The second-order valence-electron chi connectivity index (χ2n) is 5.28. The van der Waals surface area contributed by atoms with Crippen LogP contribution in [0.5, 0.6) is 5.75 Å². The lowest BCUT2D eigenvalue weighted by Crippen LogP contribution is -2.15. The maximum Gasteiger partial charge on any atom is 0.332 e. The van der Waals surface area contributed by atoms with E-state index in [2.05, 4.69) is 15.0 Å². The van der Waals surface area contributed by atoms with Gasteiger partial charge >= 0.3 is 5.69 Å². The minimum atomic E-state index is -0.337. The van der Waals surface area contributed by atoms with Crippen LogP contribution in [0, 0.1) is 0 Å². The van der Waals surface area contributed by atoms with E-state index in [1.807, 2.05) is 6.92 Å². The number of aromatic amines is 2. The summed E-state index contributed by atoms with van der Waals surface area (Å²) in [5.41, 5.74) is 1.83. The van der Waals surface area contributed by atoms with Gasteiger partial charge in [0.2, 0.25) is 0 Å². The number of benzene rings is 1. The van der Waals surface area contributed by atoms with Gasteiger partial charge in [-0.05, 0) is 25.1 Å². The van der Waals surface area contributed by atoms with Gasteiger partial charge in [0.05, 0.1) is 12.3 Å². The summed E-state index contributed by atoms with van der Waals surface area (Å²) in [7, 11) is 0. The van der Waals surface area contributed by atoms with Crippen LogP contribution in [-0.2, 0) is 0 Å². The molecule has 3 aromatic heterocycles. The second-order valence-corrected chi connectivity index (χ2v) is 5.28. The summed E-state index contributed by atoms with van der Waals surface area (Å²) in [6, 6.07) is 8.40. The Labute approximate surface area is 135 Å². The van der Waals surface area contributed by atoms with Crippen molar-refractivity contribution in [2.45, 2.75) is 6.92 Å². The number of hydrogen-bond donors (Lipinski definition) is 2. The number of H-pyrrole nitrogens is 2. The van der Waals surface area contributed by atoms with Gasteiger partial charge in [-0.15, -0.1) is 0 Å². The van der Waals surface area contributed by atoms with E-state index in [9.17, 15) is 9.59 Å². The fourth-order valence-corrected chi connectivity index (χ4v) is 2.82. The van der Waals surface area contributed by atoms with Gasteiger partial charge in [-0.25, -0.2) is 9.78 Å². The van der Waals surface area contributed by atoms with Gasteiger partial charge in [-0.1, -0.05) is 0 Å². The van der Waals surface area contributed by atoms with E-state index in [4.69, 9.17) is 4.74 Å². The Morgan fingerprint density at radius 1 is 1.21 bits per heavy atom. The van der Waals surface area contributed by atoms with Gasteiger partial charge in [-0.3, -0.25) is 14.3 Å². The molecule has 0 saturated heterocycles. The molecular formula is C17H14N4O3. The third-order valence-corrected chi connectivity index (χ3v) is 3.84. The van der Waals surface area contributed by atoms with Crippen molar-refractivity contribution >= 4 is 22.1 Å². The molecule has 120 valence electrons. The lowest BCUT2D eigenvalue weighted by atomic mass is 10.2. The number of nitrogens with one attached hydrogen (secondary N) is 2. The Balaban J connectivity index is 2.06. The van der Waals surface area contributed by atoms with Crippen LogP contribution >= 0.6 is 0 Å². The Bertz CT molecular complexity index is 1170. The van der Waals surface area contributed by atoms with E-state index < -0.39 is 0 Å². The lowest BCUT2D eigenvalue weighted by molar-refractivity contribution is 0.343. The Morgan fingerprint density at radius 3 is 2.92 bits per heavy atom. The van der Waals surface area contributed by atoms with Crippen LogP contribution in [0.3, 0.4) is 0 Å². The summed E-state index contributed by atoms with van der Waals surface area (Å²) in [6.07, 6.45) is 3.18. The highest BCUT2D eigenvalue weighted by Crippen LogP contribution is 2.25. The van der Waals surface area contributed by atoms with Crippen molar-refractivity contribution in [3.8, 4) is 11.4 Å². The molecule has 0 bridgehead atoms. The first kappa shape index (κ1) is 14.3. The van der Waals surface area contributed by atoms with Gasteiger partial charge in [0.15, 0.2) is 11.1 Å². The first-order chi connectivity index (χ1) is 11.7. The number of ether oxygens (including phenoxy) is 1. The van der Waals surface area contributed by atoms with Crippen molar-refractivity contribution in [3.05, 3.63) is 63.4 Å². The molecule has 2 N–H and O–H groups in total. The smallest absolute Gasteiger partial charge is 0.332 e. The van der Waals surface area contributed by atoms with Crippen LogP contribution in [0.1, 0.15) is 6.92 Å². The number of nitrogens with zero attached hydrogens (tertiary/aromatic N) is 2. The Morgan fingerprint density at radius 2 is 2.08 bits per heavy atom. The molecule has 0 radical (unpaired) electrons. The minimum Gasteiger partial charge on any atom is -0.491 e. The molecular weight excluding hydrogens is 308 g/mol. The second kappa shape index (κ2) is 5.38. The van der Waals surface area contributed by atoms with E-state index in [1.165, 1.54) is 10.6 Å². The lowest BCUT2D eigenvalue weighted by Gasteiger charge is -2.09. The molecule has 3 heterocycles. The molecule has 7 nitrogen and oxygen atoms in total. The van der Waals surface area contributed by atoms with Crippen LogP contribution in [0.4, 0.5) is 0 Å². The third-order valence-electron chi connectivity index (χ3n) is 3.84. The average Bonchev–Trinajstić information content (AvgIpc) is 2.92. The first-order valence-corrected chi connectivity index (χ1v) is 7.53. The van der Waals surface area contributed by atoms with Gasteiger partial charge < -0.3 is 9.72 Å². The summed E-state index contributed by atoms with van der Waals surface area (Å²) < 4.78 is 7.09. The largest absolute Gasteiger partial charge is 0.491 e. The Kier molecular flexibility index (Phi) is 3.19. The maximum atomic E-state index is 12.4. The topological polar surface area (TPSA) is 92.8 Å². The Hall–Kier alpha value is -3.35. The molecule has 0 spiro atoms. The van der Waals surface area contributed by atoms with Crippen molar-refractivity contribution in [1.29, 1.82) is 0 Å². The van der Waals surface area contributed by atoms with Crippen molar-refractivity contribution < 1.29 is 4.74 Å². The highest BCUT2D eigenvalue weighted by molar-refractivity contribution is 5.84. The van der Waals surface area contributed by atoms with Gasteiger partial charge in [-0.2, -0.15) is 0 Å². The zero-order valence-corrected chi connectivity index (χ0v) is 12.9. The van der Waals surface area contributed by atoms with Gasteiger partial charge in [0, 0.05) is 35.4 Å². The average molecular weight is 322 g/mol. The summed E-state index contributed by atoms with van der Waals surface area (Å²) in [5.74, 6) is 0.558. The van der Waals surface area contributed by atoms with E-state index in [0.717, 1.165) is 0 Å². The molecule has 1 aromatic carbocycles. The minimum absolute atomic E-state index is 0.110. The molecule has 0 aliphatic heterocycles. The molecule has 4 aromatic rings. The number of hydrogen-bond acceptors (Lipinski definition) is 4. The quantitative estimate of drug-likeness (QED) is 0.603. The molecule has 0 atom stereocenters. The van der Waals surface area contributed by atoms with E-state index in [-0.39, 0.29) is 11.1 Å². The summed E-state index contributed by atoms with van der Waals surface area (Å²) in [5, 5.41) is 0.512. The predicted molar refractivity (Wildman–Crippen MR) is 91.0 cm³/mol. The number of pyridine rings is 2. The molecule has 0 aliphatic rings. The first-order valence-electron chi connectivity index (χ1n) is 7.53. The van der Waals surface area contributed by atoms with Crippen LogP contribution in [0.2, 0.25) is 0 Å². The molecule has 7 heteroatoms. The third kappa shape index (κ3) is 2.10. The van der Waals surface area contributed by atoms with Crippen molar-refractivity contribution in [3.63, 3.8) is 0 Å². The number of rotatable bonds is 3. The van der Waals surface area contributed by atoms with Crippen LogP contribution in [0.15, 0.2) is 52.3 Å². The molecule has 4 rings (SSSR count). The number of fused-ring (bicyclic) bond motifs is 2. The van der Waals surface area contributed by atoms with Crippen molar-refractivity contribution in [2.24, 2.45) is 0 Å². The molecule has 0 fully saturated rings. The predicted octanol–water partition coefficient (Wildman–Crippen LogP) is 1.95. The molecule has 0 amide bonds. The normalized spacial score (nSPS) is 11.2. The zero-order valence-electron chi connectivity index (χ0n) is 12.9. The van der Waals surface area contributed by atoms with E-state index in [0.29, 0.717) is 40.1 Å². The summed E-state index contributed by atoms with van der Waals surface area (Å²) >= 11 is 0. The monoisotopic (exact) mass is 322 g/mol. The fourth-order valence-electron chi connectivity index (χ4n) is 2.82. The standard InChI is InChI=1S/C17H14N4O3/c1-2-24-14-6-8-19-16-15(14)21(17(23)20-16)10-3-4-12-11(9-10)13(22)5-7-18-12/h3-9H,2H2,1H3,(H,18,22)(H,19,20,23). The molecule has 24 heavy (non-hydrogen) atoms. The fraction of sp³-hybridized carbons (Fsp3) is 0.118. The maximum absolute atomic E-state index is 12.4. The van der Waals surface area contributed by atoms with Crippen LogP contribution in [-0.4, -0.2) is 26.1 Å². The zero-order chi connectivity index (χ0) is 16.7. The number of imidazole rings is 1. The number of aromatic nitrogens is 4. The summed E-state index contributed by atoms with van der Waals surface area (Å²) in [6.45, 7) is 2.34. The van der Waals surface area contributed by atoms with Gasteiger partial charge in [0.1, 0.15) is 11.3 Å². The van der Waals surface area contributed by atoms with Crippen LogP contribution in [0.25, 0.3) is 27.8 Å². The SMILES string of the molecule is CCOc1ccnc2[nH]c(=O)n(-c3ccc4[nH]ccc(=O)c4c3)c12. The highest BCUT2D eigenvalue weighted by Gasteiger charge is 2.15. The van der Waals surface area contributed by atoms with E-state index in [1.54, 1.807) is 36.7 Å². The molecule has 0 unspecified atom stereocenters. The van der Waals surface area contributed by atoms with Crippen molar-refractivity contribution in [2.75, 3.05) is 6.61 Å². The molecule has 0 saturated carbocycles. The van der Waals surface area contributed by atoms with Gasteiger partial charge in [0.25, 0.3) is 0 Å². The van der Waals surface area contributed by atoms with Crippen molar-refractivity contribution in [1.82, 2.24) is 19.5 Å². The van der Waals surface area contributed by atoms with Crippen LogP contribution < -0.4 is 15.9 Å².